The summed E-state index contributed by atoms with van der Waals surface area (Å²) in [6.07, 6.45) is 5.35. The van der Waals surface area contributed by atoms with Crippen LogP contribution in [0, 0.1) is 6.92 Å². The van der Waals surface area contributed by atoms with Gasteiger partial charge in [0.2, 0.25) is 0 Å². The molecule has 0 N–H and O–H groups in total. The van der Waals surface area contributed by atoms with Gasteiger partial charge in [-0.15, -0.1) is 11.3 Å². The number of aryl methyl sites for hydroxylation is 1. The Hall–Kier alpha value is -1.80. The zero-order valence-electron chi connectivity index (χ0n) is 13.9. The highest BCUT2D eigenvalue weighted by molar-refractivity contribution is 7.10. The average Bonchev–Trinajstić information content (AvgIpc) is 3.26. The number of hydrogen-bond donors (Lipinski definition) is 0. The molecule has 2 atom stereocenters. The summed E-state index contributed by atoms with van der Waals surface area (Å²) in [6, 6.07) is 17.4. The Morgan fingerprint density at radius 3 is 2.48 bits per heavy atom. The van der Waals surface area contributed by atoms with E-state index in [1.54, 1.807) is 6.26 Å². The van der Waals surface area contributed by atoms with Gasteiger partial charge in [0.15, 0.2) is 0 Å². The number of thiophene rings is 1. The highest BCUT2D eigenvalue weighted by Crippen LogP contribution is 2.33. The van der Waals surface area contributed by atoms with Gasteiger partial charge in [-0.1, -0.05) is 49.2 Å². The number of furan rings is 1. The Kier molecular flexibility index (Phi) is 5.35. The zero-order chi connectivity index (χ0) is 16.1. The Balaban J connectivity index is 1.66. The first-order valence-electron chi connectivity index (χ1n) is 8.37. The molecule has 2 heteroatoms. The van der Waals surface area contributed by atoms with E-state index in [1.807, 2.05) is 17.4 Å². The molecule has 0 saturated heterocycles. The zero-order valence-corrected chi connectivity index (χ0v) is 14.7. The van der Waals surface area contributed by atoms with Crippen LogP contribution in [-0.2, 0) is 0 Å². The lowest BCUT2D eigenvalue weighted by Gasteiger charge is -2.17. The fraction of sp³-hybridized carbons (Fsp3) is 0.333. The normalized spacial score (nSPS) is 13.8. The van der Waals surface area contributed by atoms with Crippen molar-refractivity contribution in [1.82, 2.24) is 0 Å². The summed E-state index contributed by atoms with van der Waals surface area (Å²) in [5.74, 6) is 2.09. The Labute approximate surface area is 143 Å². The monoisotopic (exact) mass is 324 g/mol. The summed E-state index contributed by atoms with van der Waals surface area (Å²) in [6.45, 7) is 4.47. The van der Waals surface area contributed by atoms with Crippen molar-refractivity contribution in [1.29, 1.82) is 0 Å². The van der Waals surface area contributed by atoms with E-state index in [4.69, 9.17) is 4.42 Å². The van der Waals surface area contributed by atoms with Crippen LogP contribution in [0.3, 0.4) is 0 Å². The molecular formula is C21H24OS. The number of benzene rings is 1. The molecule has 0 saturated carbocycles. The third-order valence-electron chi connectivity index (χ3n) is 4.53. The molecule has 0 bridgehead atoms. The van der Waals surface area contributed by atoms with Crippen molar-refractivity contribution in [3.8, 4) is 0 Å². The van der Waals surface area contributed by atoms with Crippen LogP contribution < -0.4 is 0 Å². The van der Waals surface area contributed by atoms with Crippen molar-refractivity contribution in [3.63, 3.8) is 0 Å². The third kappa shape index (κ3) is 4.14. The summed E-state index contributed by atoms with van der Waals surface area (Å²) in [5.41, 5.74) is 2.66. The van der Waals surface area contributed by atoms with Gasteiger partial charge in [0, 0.05) is 10.8 Å². The first-order valence-corrected chi connectivity index (χ1v) is 9.25. The molecular weight excluding hydrogens is 300 g/mol. The molecule has 1 nitrogen and oxygen atoms in total. The molecule has 3 aromatic rings. The molecule has 2 unspecified atom stereocenters. The fourth-order valence-corrected chi connectivity index (χ4v) is 3.93. The topological polar surface area (TPSA) is 13.1 Å². The predicted molar refractivity (Wildman–Crippen MR) is 98.3 cm³/mol. The van der Waals surface area contributed by atoms with Gasteiger partial charge in [0.1, 0.15) is 5.76 Å². The van der Waals surface area contributed by atoms with E-state index in [0.717, 1.165) is 12.2 Å². The van der Waals surface area contributed by atoms with E-state index in [-0.39, 0.29) is 0 Å². The van der Waals surface area contributed by atoms with E-state index in [0.29, 0.717) is 11.8 Å². The van der Waals surface area contributed by atoms with Gasteiger partial charge >= 0.3 is 0 Å². The molecule has 2 heterocycles. The number of hydrogen-bond acceptors (Lipinski definition) is 2. The SMILES string of the molecule is Cc1ccc(C(CCCC(C)c2cccs2)c2ccco2)cc1. The lowest BCUT2D eigenvalue weighted by Crippen LogP contribution is -2.01. The van der Waals surface area contributed by atoms with Gasteiger partial charge in [-0.05, 0) is 54.8 Å². The molecule has 3 rings (SSSR count). The second-order valence-corrected chi connectivity index (χ2v) is 7.31. The first kappa shape index (κ1) is 16.1. The minimum Gasteiger partial charge on any atom is -0.469 e. The largest absolute Gasteiger partial charge is 0.469 e. The van der Waals surface area contributed by atoms with Crippen LogP contribution in [0.15, 0.2) is 64.6 Å². The Bertz CT molecular complexity index is 680. The summed E-state index contributed by atoms with van der Waals surface area (Å²) < 4.78 is 5.71. The predicted octanol–water partition coefficient (Wildman–Crippen LogP) is 6.76. The molecule has 0 amide bonds. The van der Waals surface area contributed by atoms with E-state index in [1.165, 1.54) is 28.8 Å². The van der Waals surface area contributed by atoms with Crippen LogP contribution in [0.5, 0.6) is 0 Å². The molecule has 0 aliphatic carbocycles. The van der Waals surface area contributed by atoms with Gasteiger partial charge in [-0.3, -0.25) is 0 Å². The molecule has 0 fully saturated rings. The minimum absolute atomic E-state index is 0.362. The molecule has 1 aromatic carbocycles. The van der Waals surface area contributed by atoms with Gasteiger partial charge in [0.05, 0.1) is 6.26 Å². The maximum absolute atomic E-state index is 5.71. The minimum atomic E-state index is 0.362. The van der Waals surface area contributed by atoms with Crippen molar-refractivity contribution in [2.45, 2.75) is 44.9 Å². The lowest BCUT2D eigenvalue weighted by molar-refractivity contribution is 0.460. The molecule has 23 heavy (non-hydrogen) atoms. The molecule has 120 valence electrons. The van der Waals surface area contributed by atoms with Crippen molar-refractivity contribution < 1.29 is 4.42 Å². The van der Waals surface area contributed by atoms with E-state index in [2.05, 4.69) is 61.7 Å². The van der Waals surface area contributed by atoms with E-state index in [9.17, 15) is 0 Å². The summed E-state index contributed by atoms with van der Waals surface area (Å²) in [4.78, 5) is 1.50. The van der Waals surface area contributed by atoms with Gasteiger partial charge in [0.25, 0.3) is 0 Å². The summed E-state index contributed by atoms with van der Waals surface area (Å²) in [5, 5.41) is 2.17. The molecule has 0 aliphatic rings. The fourth-order valence-electron chi connectivity index (χ4n) is 3.10. The Morgan fingerprint density at radius 2 is 1.83 bits per heavy atom. The van der Waals surface area contributed by atoms with Crippen molar-refractivity contribution >= 4 is 11.3 Å². The van der Waals surface area contributed by atoms with Crippen LogP contribution >= 0.6 is 11.3 Å². The Morgan fingerprint density at radius 1 is 1.00 bits per heavy atom. The second-order valence-electron chi connectivity index (χ2n) is 6.33. The van der Waals surface area contributed by atoms with Gasteiger partial charge in [-0.25, -0.2) is 0 Å². The maximum atomic E-state index is 5.71. The van der Waals surface area contributed by atoms with E-state index < -0.39 is 0 Å². The van der Waals surface area contributed by atoms with Crippen molar-refractivity contribution in [2.75, 3.05) is 0 Å². The van der Waals surface area contributed by atoms with Crippen LogP contribution in [0.1, 0.15) is 59.8 Å². The average molecular weight is 324 g/mol. The van der Waals surface area contributed by atoms with Crippen LogP contribution in [0.2, 0.25) is 0 Å². The van der Waals surface area contributed by atoms with Gasteiger partial charge in [-0.2, -0.15) is 0 Å². The van der Waals surface area contributed by atoms with Crippen LogP contribution in [0.4, 0.5) is 0 Å². The first-order chi connectivity index (χ1) is 11.2. The van der Waals surface area contributed by atoms with Crippen molar-refractivity contribution in [2.24, 2.45) is 0 Å². The third-order valence-corrected chi connectivity index (χ3v) is 5.63. The lowest BCUT2D eigenvalue weighted by atomic mass is 9.89. The van der Waals surface area contributed by atoms with Gasteiger partial charge < -0.3 is 4.42 Å². The smallest absolute Gasteiger partial charge is 0.111 e. The van der Waals surface area contributed by atoms with Crippen LogP contribution in [-0.4, -0.2) is 0 Å². The molecule has 2 aromatic heterocycles. The number of rotatable bonds is 7. The highest BCUT2D eigenvalue weighted by atomic mass is 32.1. The second kappa shape index (κ2) is 7.65. The molecule has 0 spiro atoms. The van der Waals surface area contributed by atoms with Crippen molar-refractivity contribution in [3.05, 3.63) is 81.9 Å². The maximum Gasteiger partial charge on any atom is 0.111 e. The highest BCUT2D eigenvalue weighted by Gasteiger charge is 2.17. The summed E-state index contributed by atoms with van der Waals surface area (Å²) in [7, 11) is 0. The summed E-state index contributed by atoms with van der Waals surface area (Å²) >= 11 is 1.87. The standard InChI is InChI=1S/C21H24OS/c1-16-10-12-18(13-11-16)19(20-8-4-14-22-20)7-3-6-17(2)21-9-5-15-23-21/h4-5,8-15,17,19H,3,6-7H2,1-2H3. The van der Waals surface area contributed by atoms with Crippen LogP contribution in [0.25, 0.3) is 0 Å². The quantitative estimate of drug-likeness (QED) is 0.468. The molecule has 0 aliphatic heterocycles. The van der Waals surface area contributed by atoms with E-state index >= 15 is 0 Å². The molecule has 0 radical (unpaired) electrons.